The monoisotopic (exact) mass is 618 g/mol. The van der Waals surface area contributed by atoms with E-state index in [9.17, 15) is 0 Å². The van der Waals surface area contributed by atoms with Crippen molar-refractivity contribution in [3.8, 4) is 22.6 Å². The molecule has 0 aliphatic carbocycles. The summed E-state index contributed by atoms with van der Waals surface area (Å²) in [5.74, 6) is -0.952. The van der Waals surface area contributed by atoms with Crippen LogP contribution in [0.1, 0.15) is 22.3 Å². The number of halogens is 2. The fourth-order valence-electron chi connectivity index (χ4n) is 5.32. The molecule has 0 amide bonds. The second kappa shape index (κ2) is 12.7. The Hall–Kier alpha value is -4.36. The van der Waals surface area contributed by atoms with Crippen molar-refractivity contribution in [3.63, 3.8) is 0 Å². The van der Waals surface area contributed by atoms with Crippen molar-refractivity contribution in [2.75, 3.05) is 0 Å². The molecule has 44 heavy (non-hydrogen) atoms. The van der Waals surface area contributed by atoms with Gasteiger partial charge >= 0.3 is 0 Å². The number of hydrogen-bond donors (Lipinski definition) is 0. The van der Waals surface area contributed by atoms with Crippen LogP contribution in [0.5, 0.6) is 11.5 Å². The fourth-order valence-corrected chi connectivity index (χ4v) is 6.35. The summed E-state index contributed by atoms with van der Waals surface area (Å²) in [6, 6.07) is 47.6. The molecular weight excluding hydrogens is 588 g/mol. The minimum Gasteiger partial charge on any atom is -0.473 e. The summed E-state index contributed by atoms with van der Waals surface area (Å²) in [5, 5.41) is -2.20. The standard InChI is InChI=1S/C38H30F2O2P2/c39-31-23-13-25-33(41-37(43,27-15-5-1-6-16-27)28-17-7-2-8-18-28)35(31)36-32(40)24-14-26-34(36)42-38(44,29-19-9-3-10-20-29)30-21-11-4-12-22-30/h1-26H,43-44H2. The lowest BCUT2D eigenvalue weighted by atomic mass is 9.98. The van der Waals surface area contributed by atoms with Gasteiger partial charge in [0.2, 0.25) is 0 Å². The van der Waals surface area contributed by atoms with Crippen molar-refractivity contribution in [3.05, 3.63) is 192 Å². The van der Waals surface area contributed by atoms with Gasteiger partial charge in [0, 0.05) is 22.3 Å². The Morgan fingerprint density at radius 1 is 0.364 bits per heavy atom. The maximum atomic E-state index is 16.0. The molecule has 0 radical (unpaired) electrons. The maximum absolute atomic E-state index is 16.0. The van der Waals surface area contributed by atoms with Crippen LogP contribution in [0.2, 0.25) is 0 Å². The van der Waals surface area contributed by atoms with Crippen LogP contribution in [0, 0.1) is 11.6 Å². The average Bonchev–Trinajstić information content (AvgIpc) is 3.07. The molecule has 6 aromatic carbocycles. The van der Waals surface area contributed by atoms with Gasteiger partial charge in [0.05, 0.1) is 11.1 Å². The van der Waals surface area contributed by atoms with Crippen LogP contribution in [0.25, 0.3) is 11.1 Å². The van der Waals surface area contributed by atoms with Crippen molar-refractivity contribution in [1.82, 2.24) is 0 Å². The van der Waals surface area contributed by atoms with Crippen molar-refractivity contribution in [1.29, 1.82) is 0 Å². The molecule has 6 aromatic rings. The zero-order valence-electron chi connectivity index (χ0n) is 23.7. The molecule has 0 aliphatic rings. The Morgan fingerprint density at radius 3 is 0.909 bits per heavy atom. The number of hydrogen-bond acceptors (Lipinski definition) is 2. The SMILES string of the molecule is Fc1cccc(OC(P)(c2ccccc2)c2ccccc2)c1-c1c(F)cccc1OC(P)(c1ccccc1)c1ccccc1. The minimum absolute atomic E-state index is 0.0345. The second-order valence-corrected chi connectivity index (χ2v) is 12.0. The van der Waals surface area contributed by atoms with Gasteiger partial charge in [-0.3, -0.25) is 0 Å². The van der Waals surface area contributed by atoms with Crippen molar-refractivity contribution >= 4 is 18.5 Å². The molecule has 2 nitrogen and oxygen atoms in total. The summed E-state index contributed by atoms with van der Waals surface area (Å²) in [5.41, 5.74) is 3.24. The summed E-state index contributed by atoms with van der Waals surface area (Å²) in [7, 11) is 5.57. The molecule has 0 aliphatic heterocycles. The normalized spacial score (nSPS) is 11.6. The Morgan fingerprint density at radius 2 is 0.636 bits per heavy atom. The number of ether oxygens (including phenoxy) is 2. The third kappa shape index (κ3) is 5.76. The lowest BCUT2D eigenvalue weighted by molar-refractivity contribution is 0.205. The Labute approximate surface area is 261 Å². The second-order valence-electron chi connectivity index (χ2n) is 10.4. The average molecular weight is 619 g/mol. The van der Waals surface area contributed by atoms with Crippen LogP contribution in [0.15, 0.2) is 158 Å². The Balaban J connectivity index is 1.52. The predicted molar refractivity (Wildman–Crippen MR) is 180 cm³/mol. The van der Waals surface area contributed by atoms with Crippen molar-refractivity contribution < 1.29 is 18.3 Å². The zero-order chi connectivity index (χ0) is 30.6. The first-order valence-electron chi connectivity index (χ1n) is 14.2. The van der Waals surface area contributed by atoms with Crippen LogP contribution < -0.4 is 9.47 Å². The van der Waals surface area contributed by atoms with Gasteiger partial charge in [-0.15, -0.1) is 0 Å². The topological polar surface area (TPSA) is 18.5 Å². The van der Waals surface area contributed by atoms with Crippen LogP contribution in [0.4, 0.5) is 8.78 Å². The molecule has 0 bridgehead atoms. The molecule has 0 spiro atoms. The smallest absolute Gasteiger partial charge is 0.171 e. The lowest BCUT2D eigenvalue weighted by Crippen LogP contribution is -2.28. The van der Waals surface area contributed by atoms with E-state index >= 15 is 8.78 Å². The van der Waals surface area contributed by atoms with Gasteiger partial charge in [0.1, 0.15) is 23.1 Å². The largest absolute Gasteiger partial charge is 0.473 e. The molecule has 0 aromatic heterocycles. The first kappa shape index (κ1) is 29.7. The van der Waals surface area contributed by atoms with E-state index in [0.29, 0.717) is 0 Å². The van der Waals surface area contributed by atoms with Gasteiger partial charge in [-0.05, 0) is 24.3 Å². The van der Waals surface area contributed by atoms with Gasteiger partial charge in [0.25, 0.3) is 0 Å². The number of rotatable bonds is 9. The van der Waals surface area contributed by atoms with Gasteiger partial charge in [-0.2, -0.15) is 0 Å². The lowest BCUT2D eigenvalue weighted by Gasteiger charge is -2.34. The first-order valence-corrected chi connectivity index (χ1v) is 15.3. The molecule has 0 heterocycles. The molecule has 6 heteroatoms. The highest BCUT2D eigenvalue weighted by Crippen LogP contribution is 2.49. The third-order valence-electron chi connectivity index (χ3n) is 7.55. The Bertz CT molecular complexity index is 1630. The molecular formula is C38H30F2O2P2. The van der Waals surface area contributed by atoms with E-state index in [1.807, 2.05) is 121 Å². The van der Waals surface area contributed by atoms with E-state index in [1.165, 1.54) is 12.1 Å². The highest BCUT2D eigenvalue weighted by molar-refractivity contribution is 7.18. The summed E-state index contributed by atoms with van der Waals surface area (Å²) in [6.07, 6.45) is 0. The molecule has 6 rings (SSSR count). The fraction of sp³-hybridized carbons (Fsp3) is 0.0526. The maximum Gasteiger partial charge on any atom is 0.171 e. The Kier molecular flexibility index (Phi) is 8.58. The highest BCUT2D eigenvalue weighted by atomic mass is 31.0. The van der Waals surface area contributed by atoms with Gasteiger partial charge in [-0.1, -0.05) is 152 Å². The molecule has 2 atom stereocenters. The first-order chi connectivity index (χ1) is 21.4. The zero-order valence-corrected chi connectivity index (χ0v) is 26.0. The van der Waals surface area contributed by atoms with Crippen LogP contribution in [0.3, 0.4) is 0 Å². The van der Waals surface area contributed by atoms with E-state index in [0.717, 1.165) is 22.3 Å². The highest BCUT2D eigenvalue weighted by Gasteiger charge is 2.36. The molecule has 0 saturated carbocycles. The molecule has 0 fully saturated rings. The van der Waals surface area contributed by atoms with Crippen LogP contribution in [-0.2, 0) is 10.7 Å². The molecule has 0 N–H and O–H groups in total. The summed E-state index contributed by atoms with van der Waals surface area (Å²) < 4.78 is 45.6. The third-order valence-corrected chi connectivity index (χ3v) is 9.12. The molecule has 0 saturated heterocycles. The van der Waals surface area contributed by atoms with Crippen LogP contribution in [-0.4, -0.2) is 0 Å². The van der Waals surface area contributed by atoms with Gasteiger partial charge in [-0.25, -0.2) is 8.78 Å². The van der Waals surface area contributed by atoms with Crippen molar-refractivity contribution in [2.45, 2.75) is 10.7 Å². The van der Waals surface area contributed by atoms with Gasteiger partial charge < -0.3 is 9.47 Å². The quantitative estimate of drug-likeness (QED) is 0.150. The molecule has 218 valence electrons. The van der Waals surface area contributed by atoms with E-state index in [4.69, 9.17) is 9.47 Å². The summed E-state index contributed by atoms with van der Waals surface area (Å²) in [6.45, 7) is 0. The van der Waals surface area contributed by atoms with Crippen molar-refractivity contribution in [2.24, 2.45) is 0 Å². The van der Waals surface area contributed by atoms with E-state index in [2.05, 4.69) is 18.5 Å². The van der Waals surface area contributed by atoms with E-state index in [-0.39, 0.29) is 22.6 Å². The van der Waals surface area contributed by atoms with E-state index in [1.54, 1.807) is 24.3 Å². The predicted octanol–water partition coefficient (Wildman–Crippen LogP) is 9.94. The summed E-state index contributed by atoms with van der Waals surface area (Å²) in [4.78, 5) is 0. The van der Waals surface area contributed by atoms with Gasteiger partial charge in [0.15, 0.2) is 10.7 Å². The van der Waals surface area contributed by atoms with Crippen LogP contribution >= 0.6 is 18.5 Å². The summed E-state index contributed by atoms with van der Waals surface area (Å²) >= 11 is 0. The molecule has 2 unspecified atom stereocenters. The number of benzene rings is 6. The minimum atomic E-state index is -1.10. The van der Waals surface area contributed by atoms with E-state index < -0.39 is 22.3 Å².